The number of aliphatic carboxylic acids is 1. The molecule has 3 atom stereocenters. The highest BCUT2D eigenvalue weighted by Gasteiger charge is 2.30. The molecule has 0 aromatic rings. The van der Waals surface area contributed by atoms with E-state index in [1.54, 1.807) is 4.90 Å². The number of piperazine rings is 1. The quantitative estimate of drug-likeness (QED) is 0.796. The molecule has 1 saturated heterocycles. The van der Waals surface area contributed by atoms with Crippen molar-refractivity contribution in [1.82, 2.24) is 15.1 Å². The largest absolute Gasteiger partial charge is 0.480 e. The molecule has 0 aromatic carbocycles. The van der Waals surface area contributed by atoms with Crippen LogP contribution in [0.25, 0.3) is 0 Å². The molecule has 0 spiro atoms. The summed E-state index contributed by atoms with van der Waals surface area (Å²) in [7, 11) is 0. The van der Waals surface area contributed by atoms with Gasteiger partial charge in [-0.3, -0.25) is 4.90 Å². The van der Waals surface area contributed by atoms with Crippen LogP contribution in [-0.2, 0) is 4.79 Å². The molecule has 0 aliphatic carbocycles. The maximum Gasteiger partial charge on any atom is 0.326 e. The molecule has 0 saturated carbocycles. The Morgan fingerprint density at radius 2 is 2.00 bits per heavy atom. The van der Waals surface area contributed by atoms with Gasteiger partial charge in [-0.05, 0) is 19.4 Å². The summed E-state index contributed by atoms with van der Waals surface area (Å²) in [6.07, 6.45) is 0.720. The number of hydrogen-bond donors (Lipinski definition) is 2. The van der Waals surface area contributed by atoms with E-state index in [0.29, 0.717) is 19.1 Å². The van der Waals surface area contributed by atoms with Gasteiger partial charge >= 0.3 is 12.0 Å². The number of amides is 2. The third-order valence-corrected chi connectivity index (χ3v) is 4.22. The minimum atomic E-state index is -0.965. The molecule has 2 N–H and O–H groups in total. The Balaban J connectivity index is 2.60. The van der Waals surface area contributed by atoms with Crippen molar-refractivity contribution in [1.29, 1.82) is 0 Å². The number of urea groups is 1. The lowest BCUT2D eigenvalue weighted by molar-refractivity contribution is -0.140. The molecule has 1 aliphatic heterocycles. The first kappa shape index (κ1) is 16.8. The SMILES string of the molecule is CC[C@H](C)[C@H](NC(=O)N1CCN(CC)C(C)C1)C(=O)O. The van der Waals surface area contributed by atoms with Crippen LogP contribution in [0.5, 0.6) is 0 Å². The molecular formula is C14H27N3O3. The van der Waals surface area contributed by atoms with Crippen molar-refractivity contribution in [3.8, 4) is 0 Å². The summed E-state index contributed by atoms with van der Waals surface area (Å²) in [5, 5.41) is 11.9. The van der Waals surface area contributed by atoms with E-state index in [1.165, 1.54) is 0 Å². The first-order chi connectivity index (χ1) is 9.40. The van der Waals surface area contributed by atoms with Gasteiger partial charge < -0.3 is 15.3 Å². The van der Waals surface area contributed by atoms with Crippen molar-refractivity contribution >= 4 is 12.0 Å². The molecule has 1 aliphatic rings. The van der Waals surface area contributed by atoms with Gasteiger partial charge in [0.25, 0.3) is 0 Å². The second-order valence-electron chi connectivity index (χ2n) is 5.57. The van der Waals surface area contributed by atoms with E-state index in [1.807, 2.05) is 13.8 Å². The fourth-order valence-corrected chi connectivity index (χ4v) is 2.56. The summed E-state index contributed by atoms with van der Waals surface area (Å²) in [6.45, 7) is 11.1. The second-order valence-corrected chi connectivity index (χ2v) is 5.57. The van der Waals surface area contributed by atoms with Crippen LogP contribution in [0.15, 0.2) is 0 Å². The van der Waals surface area contributed by atoms with Gasteiger partial charge in [0.05, 0.1) is 0 Å². The van der Waals surface area contributed by atoms with Crippen molar-refractivity contribution < 1.29 is 14.7 Å². The first-order valence-electron chi connectivity index (χ1n) is 7.42. The highest BCUT2D eigenvalue weighted by Crippen LogP contribution is 2.12. The smallest absolute Gasteiger partial charge is 0.326 e. The van der Waals surface area contributed by atoms with Crippen molar-refractivity contribution in [3.05, 3.63) is 0 Å². The van der Waals surface area contributed by atoms with Crippen LogP contribution in [0, 0.1) is 5.92 Å². The van der Waals surface area contributed by atoms with E-state index >= 15 is 0 Å². The average molecular weight is 285 g/mol. The van der Waals surface area contributed by atoms with E-state index in [-0.39, 0.29) is 11.9 Å². The third kappa shape index (κ3) is 4.10. The normalized spacial score (nSPS) is 23.2. The molecule has 1 unspecified atom stereocenters. The second kappa shape index (κ2) is 7.47. The number of nitrogens with one attached hydrogen (secondary N) is 1. The lowest BCUT2D eigenvalue weighted by Gasteiger charge is -2.39. The minimum Gasteiger partial charge on any atom is -0.480 e. The number of carbonyl (C=O) groups is 2. The van der Waals surface area contributed by atoms with Crippen LogP contribution in [-0.4, -0.2) is 65.2 Å². The van der Waals surface area contributed by atoms with Gasteiger partial charge in [-0.15, -0.1) is 0 Å². The molecule has 1 rings (SSSR count). The van der Waals surface area contributed by atoms with E-state index in [0.717, 1.165) is 19.5 Å². The average Bonchev–Trinajstić information content (AvgIpc) is 2.43. The Bertz CT molecular complexity index is 349. The topological polar surface area (TPSA) is 72.9 Å². The Morgan fingerprint density at radius 1 is 1.35 bits per heavy atom. The number of hydrogen-bond acceptors (Lipinski definition) is 3. The molecule has 2 amide bonds. The Labute approximate surface area is 121 Å². The fourth-order valence-electron chi connectivity index (χ4n) is 2.56. The monoisotopic (exact) mass is 285 g/mol. The Hall–Kier alpha value is -1.30. The predicted molar refractivity (Wildman–Crippen MR) is 77.7 cm³/mol. The molecule has 0 aromatic heterocycles. The number of carboxylic acids is 1. The maximum atomic E-state index is 12.2. The lowest BCUT2D eigenvalue weighted by atomic mass is 9.99. The molecule has 1 heterocycles. The molecule has 116 valence electrons. The van der Waals surface area contributed by atoms with Crippen molar-refractivity contribution in [2.75, 3.05) is 26.2 Å². The first-order valence-corrected chi connectivity index (χ1v) is 7.42. The summed E-state index contributed by atoms with van der Waals surface area (Å²) >= 11 is 0. The standard InChI is InChI=1S/C14H27N3O3/c1-5-10(3)12(13(18)19)15-14(20)17-8-7-16(6-2)11(4)9-17/h10-12H,5-9H2,1-4H3,(H,15,20)(H,18,19)/t10-,11?,12-/m0/s1. The van der Waals surface area contributed by atoms with Gasteiger partial charge in [0, 0.05) is 25.7 Å². The van der Waals surface area contributed by atoms with Crippen LogP contribution >= 0.6 is 0 Å². The molecule has 1 fully saturated rings. The van der Waals surface area contributed by atoms with Crippen LogP contribution in [0.4, 0.5) is 4.79 Å². The molecule has 0 bridgehead atoms. The highest BCUT2D eigenvalue weighted by molar-refractivity contribution is 5.82. The van der Waals surface area contributed by atoms with Crippen LogP contribution in [0.3, 0.4) is 0 Å². The Kier molecular flexibility index (Phi) is 6.26. The Morgan fingerprint density at radius 3 is 2.45 bits per heavy atom. The summed E-state index contributed by atoms with van der Waals surface area (Å²) in [5.74, 6) is -1.04. The van der Waals surface area contributed by atoms with Gasteiger partial charge in [-0.1, -0.05) is 27.2 Å². The van der Waals surface area contributed by atoms with Crippen molar-refractivity contribution in [3.63, 3.8) is 0 Å². The van der Waals surface area contributed by atoms with E-state index < -0.39 is 12.0 Å². The van der Waals surface area contributed by atoms with Crippen molar-refractivity contribution in [2.24, 2.45) is 5.92 Å². The van der Waals surface area contributed by atoms with Gasteiger partial charge in [-0.2, -0.15) is 0 Å². The molecule has 6 nitrogen and oxygen atoms in total. The number of carbonyl (C=O) groups excluding carboxylic acids is 1. The number of nitrogens with zero attached hydrogens (tertiary/aromatic N) is 2. The zero-order chi connectivity index (χ0) is 15.3. The molecule has 6 heteroatoms. The summed E-state index contributed by atoms with van der Waals surface area (Å²) in [5.41, 5.74) is 0. The molecule has 0 radical (unpaired) electrons. The van der Waals surface area contributed by atoms with Gasteiger partial charge in [-0.25, -0.2) is 9.59 Å². The van der Waals surface area contributed by atoms with Crippen molar-refractivity contribution in [2.45, 2.75) is 46.2 Å². The fraction of sp³-hybridized carbons (Fsp3) is 0.857. The zero-order valence-electron chi connectivity index (χ0n) is 12.9. The summed E-state index contributed by atoms with van der Waals surface area (Å²) in [4.78, 5) is 27.5. The van der Waals surface area contributed by atoms with Gasteiger partial charge in [0.1, 0.15) is 6.04 Å². The van der Waals surface area contributed by atoms with Gasteiger partial charge in [0.15, 0.2) is 0 Å². The minimum absolute atomic E-state index is 0.0780. The number of likely N-dealkylation sites (N-methyl/N-ethyl adjacent to an activating group) is 1. The van der Waals surface area contributed by atoms with E-state index in [9.17, 15) is 14.7 Å². The molecular weight excluding hydrogens is 258 g/mol. The summed E-state index contributed by atoms with van der Waals surface area (Å²) in [6, 6.07) is -0.765. The predicted octanol–water partition coefficient (Wildman–Crippen LogP) is 1.22. The maximum absolute atomic E-state index is 12.2. The highest BCUT2D eigenvalue weighted by atomic mass is 16.4. The van der Waals surface area contributed by atoms with E-state index in [2.05, 4.69) is 24.1 Å². The molecule has 20 heavy (non-hydrogen) atoms. The zero-order valence-corrected chi connectivity index (χ0v) is 12.9. The third-order valence-electron chi connectivity index (χ3n) is 4.22. The lowest BCUT2D eigenvalue weighted by Crippen LogP contribution is -2.58. The summed E-state index contributed by atoms with van der Waals surface area (Å²) < 4.78 is 0. The van der Waals surface area contributed by atoms with Gasteiger partial charge in [0.2, 0.25) is 0 Å². The number of rotatable bonds is 5. The van der Waals surface area contributed by atoms with Crippen LogP contribution in [0.2, 0.25) is 0 Å². The number of carboxylic acid groups (broad SMARTS) is 1. The van der Waals surface area contributed by atoms with Crippen LogP contribution in [0.1, 0.15) is 34.1 Å². The van der Waals surface area contributed by atoms with Crippen LogP contribution < -0.4 is 5.32 Å². The van der Waals surface area contributed by atoms with E-state index in [4.69, 9.17) is 0 Å².